The third kappa shape index (κ3) is 7.49. The Balaban J connectivity index is 1.40. The summed E-state index contributed by atoms with van der Waals surface area (Å²) in [6.45, 7) is 7.73. The number of aromatic nitrogens is 2. The van der Waals surface area contributed by atoms with Crippen molar-refractivity contribution in [1.82, 2.24) is 15.0 Å². The highest BCUT2D eigenvalue weighted by Crippen LogP contribution is 2.32. The van der Waals surface area contributed by atoms with Crippen LogP contribution in [0.25, 0.3) is 22.5 Å². The molecule has 1 saturated heterocycles. The van der Waals surface area contributed by atoms with Crippen molar-refractivity contribution in [1.29, 1.82) is 0 Å². The number of carbonyl (C=O) groups is 2. The SMILES string of the molecule is Cc1nc(-c2cccc(NC3(C(=O)Nc4ccc(-c5ccccc5S(N)(=O)=O)cc4)CCN(C(=O)OC(C)(C)C)CC3)c2)no1. The summed E-state index contributed by atoms with van der Waals surface area (Å²) >= 11 is 0. The van der Waals surface area contributed by atoms with Gasteiger partial charge in [0.2, 0.25) is 27.6 Å². The topological polar surface area (TPSA) is 170 Å². The first kappa shape index (κ1) is 31.7. The first-order valence-corrected chi connectivity index (χ1v) is 16.0. The molecule has 2 amide bonds. The second-order valence-electron chi connectivity index (χ2n) is 12.0. The fourth-order valence-electron chi connectivity index (χ4n) is 5.17. The van der Waals surface area contributed by atoms with Crippen molar-refractivity contribution in [2.24, 2.45) is 5.14 Å². The number of likely N-dealkylation sites (tertiary alicyclic amines) is 1. The number of nitrogens with two attached hydrogens (primary N) is 1. The zero-order valence-electron chi connectivity index (χ0n) is 25.5. The van der Waals surface area contributed by atoms with E-state index in [1.807, 2.05) is 45.0 Å². The second-order valence-corrected chi connectivity index (χ2v) is 13.5. The van der Waals surface area contributed by atoms with E-state index in [1.54, 1.807) is 54.3 Å². The quantitative estimate of drug-likeness (QED) is 0.248. The molecule has 1 aliphatic heterocycles. The number of anilines is 2. The molecule has 0 radical (unpaired) electrons. The maximum atomic E-state index is 14.1. The van der Waals surface area contributed by atoms with Crippen LogP contribution in [0.5, 0.6) is 0 Å². The maximum Gasteiger partial charge on any atom is 0.410 e. The van der Waals surface area contributed by atoms with E-state index in [0.717, 1.165) is 0 Å². The summed E-state index contributed by atoms with van der Waals surface area (Å²) in [7, 11) is -3.93. The molecule has 1 aliphatic rings. The van der Waals surface area contributed by atoms with Gasteiger partial charge in [-0.05, 0) is 69.5 Å². The number of piperidine rings is 1. The van der Waals surface area contributed by atoms with Gasteiger partial charge in [-0.25, -0.2) is 18.4 Å². The molecule has 5 rings (SSSR count). The highest BCUT2D eigenvalue weighted by Gasteiger charge is 2.43. The Labute approximate surface area is 262 Å². The third-order valence-corrected chi connectivity index (χ3v) is 8.35. The van der Waals surface area contributed by atoms with E-state index in [9.17, 15) is 18.0 Å². The number of rotatable bonds is 7. The number of hydrogen-bond acceptors (Lipinski definition) is 9. The Morgan fingerprint density at radius 3 is 2.27 bits per heavy atom. The van der Waals surface area contributed by atoms with Crippen molar-refractivity contribution in [3.8, 4) is 22.5 Å². The molecule has 236 valence electrons. The van der Waals surface area contributed by atoms with E-state index in [0.29, 0.717) is 65.7 Å². The number of aryl methyl sites for hydroxylation is 1. The molecular formula is C32H36N6O6S. The Bertz CT molecular complexity index is 1810. The highest BCUT2D eigenvalue weighted by molar-refractivity contribution is 7.89. The molecule has 4 aromatic rings. The van der Waals surface area contributed by atoms with Gasteiger partial charge in [-0.3, -0.25) is 4.79 Å². The molecule has 12 nitrogen and oxygen atoms in total. The lowest BCUT2D eigenvalue weighted by Crippen LogP contribution is -2.57. The van der Waals surface area contributed by atoms with Gasteiger partial charge in [0, 0.05) is 42.5 Å². The molecule has 0 unspecified atom stereocenters. The summed E-state index contributed by atoms with van der Waals surface area (Å²) in [5.41, 5.74) is 1.27. The predicted molar refractivity (Wildman–Crippen MR) is 170 cm³/mol. The zero-order chi connectivity index (χ0) is 32.4. The van der Waals surface area contributed by atoms with Crippen LogP contribution >= 0.6 is 0 Å². The lowest BCUT2D eigenvalue weighted by atomic mass is 9.85. The fourth-order valence-corrected chi connectivity index (χ4v) is 5.93. The van der Waals surface area contributed by atoms with Gasteiger partial charge in [0.05, 0.1) is 4.90 Å². The summed E-state index contributed by atoms with van der Waals surface area (Å²) in [6.07, 6.45) is 0.189. The molecule has 4 N–H and O–H groups in total. The minimum Gasteiger partial charge on any atom is -0.444 e. The normalized spacial score (nSPS) is 14.9. The molecule has 13 heteroatoms. The average Bonchev–Trinajstić information content (AvgIpc) is 3.43. The van der Waals surface area contributed by atoms with E-state index < -0.39 is 27.3 Å². The van der Waals surface area contributed by atoms with E-state index in [-0.39, 0.29) is 10.8 Å². The monoisotopic (exact) mass is 632 g/mol. The Hall–Kier alpha value is -4.75. The highest BCUT2D eigenvalue weighted by atomic mass is 32.2. The van der Waals surface area contributed by atoms with Crippen LogP contribution in [-0.2, 0) is 19.6 Å². The average molecular weight is 633 g/mol. The van der Waals surface area contributed by atoms with Crippen molar-refractivity contribution in [3.05, 3.63) is 78.7 Å². The van der Waals surface area contributed by atoms with E-state index in [4.69, 9.17) is 14.4 Å². The van der Waals surface area contributed by atoms with Crippen LogP contribution in [0.1, 0.15) is 39.5 Å². The van der Waals surface area contributed by atoms with Crippen LogP contribution in [0.4, 0.5) is 16.2 Å². The molecule has 0 aliphatic carbocycles. The number of sulfonamides is 1. The smallest absolute Gasteiger partial charge is 0.410 e. The lowest BCUT2D eigenvalue weighted by molar-refractivity contribution is -0.121. The first-order valence-electron chi connectivity index (χ1n) is 14.4. The number of benzene rings is 3. The van der Waals surface area contributed by atoms with E-state index in [2.05, 4.69) is 20.8 Å². The van der Waals surface area contributed by atoms with Crippen LogP contribution in [0.3, 0.4) is 0 Å². The number of nitrogens with one attached hydrogen (secondary N) is 2. The zero-order valence-corrected chi connectivity index (χ0v) is 26.3. The molecule has 0 atom stereocenters. The molecule has 1 aromatic heterocycles. The van der Waals surface area contributed by atoms with Crippen molar-refractivity contribution in [2.75, 3.05) is 23.7 Å². The molecule has 3 aromatic carbocycles. The number of carbonyl (C=O) groups excluding carboxylic acids is 2. The molecule has 1 fully saturated rings. The van der Waals surface area contributed by atoms with Crippen LogP contribution < -0.4 is 15.8 Å². The standard InChI is InChI=1S/C32H36N6O6S/c1-21-34-28(37-44-21)23-8-7-9-25(20-23)36-32(16-18-38(19-17-32)30(40)43-31(2,3)4)29(39)35-24-14-12-22(13-15-24)26-10-5-6-11-27(26)45(33,41)42/h5-15,20,36H,16-19H2,1-4H3,(H,35,39)(H2,33,41,42). The number of ether oxygens (including phenoxy) is 1. The van der Waals surface area contributed by atoms with Gasteiger partial charge >= 0.3 is 6.09 Å². The van der Waals surface area contributed by atoms with Crippen LogP contribution in [0.15, 0.2) is 82.2 Å². The summed E-state index contributed by atoms with van der Waals surface area (Å²) in [6, 6.07) is 20.7. The number of nitrogens with zero attached hydrogens (tertiary/aromatic N) is 3. The van der Waals surface area contributed by atoms with Gasteiger partial charge in [0.25, 0.3) is 0 Å². The lowest BCUT2D eigenvalue weighted by Gasteiger charge is -2.42. The molecular weight excluding hydrogens is 596 g/mol. The van der Waals surface area contributed by atoms with Gasteiger partial charge in [-0.15, -0.1) is 0 Å². The van der Waals surface area contributed by atoms with Crippen molar-refractivity contribution in [3.63, 3.8) is 0 Å². The maximum absolute atomic E-state index is 14.1. The molecule has 0 saturated carbocycles. The summed E-state index contributed by atoms with van der Waals surface area (Å²) in [4.78, 5) is 32.8. The first-order chi connectivity index (χ1) is 21.2. The van der Waals surface area contributed by atoms with E-state index >= 15 is 0 Å². The molecule has 0 spiro atoms. The summed E-state index contributed by atoms with van der Waals surface area (Å²) in [5, 5.41) is 15.9. The van der Waals surface area contributed by atoms with E-state index in [1.165, 1.54) is 6.07 Å². The van der Waals surface area contributed by atoms with Gasteiger partial charge < -0.3 is 24.8 Å². The van der Waals surface area contributed by atoms with Crippen molar-refractivity contribution in [2.45, 2.75) is 56.6 Å². The van der Waals surface area contributed by atoms with Gasteiger partial charge in [-0.1, -0.05) is 47.6 Å². The summed E-state index contributed by atoms with van der Waals surface area (Å²) < 4.78 is 34.9. The number of primary sulfonamides is 1. The molecule has 2 heterocycles. The Kier molecular flexibility index (Phi) is 8.68. The fraction of sp³-hybridized carbons (Fsp3) is 0.312. The van der Waals surface area contributed by atoms with Crippen molar-refractivity contribution < 1.29 is 27.3 Å². The van der Waals surface area contributed by atoms with Crippen molar-refractivity contribution >= 4 is 33.4 Å². The van der Waals surface area contributed by atoms with Gasteiger partial charge in [0.15, 0.2) is 0 Å². The third-order valence-electron chi connectivity index (χ3n) is 7.38. The number of hydrogen-bond donors (Lipinski definition) is 3. The largest absolute Gasteiger partial charge is 0.444 e. The Morgan fingerprint density at radius 1 is 0.956 bits per heavy atom. The molecule has 0 bridgehead atoms. The number of amides is 2. The van der Waals surface area contributed by atoms with Gasteiger partial charge in [0.1, 0.15) is 11.1 Å². The van der Waals surface area contributed by atoms with Crippen LogP contribution in [-0.4, -0.2) is 59.7 Å². The minimum absolute atomic E-state index is 0.0138. The minimum atomic E-state index is -3.93. The summed E-state index contributed by atoms with van der Waals surface area (Å²) in [5.74, 6) is 0.580. The second kappa shape index (κ2) is 12.3. The predicted octanol–water partition coefficient (Wildman–Crippen LogP) is 5.18. The van der Waals surface area contributed by atoms with Crippen LogP contribution in [0, 0.1) is 6.92 Å². The Morgan fingerprint density at radius 2 is 1.64 bits per heavy atom. The van der Waals surface area contributed by atoms with Gasteiger partial charge in [-0.2, -0.15) is 4.98 Å². The molecule has 45 heavy (non-hydrogen) atoms. The van der Waals surface area contributed by atoms with Crippen LogP contribution in [0.2, 0.25) is 0 Å².